The average Bonchev–Trinajstić information content (AvgIpc) is 2.71. The molecule has 0 fully saturated rings. The second-order valence-electron chi connectivity index (χ2n) is 6.15. The van der Waals surface area contributed by atoms with Crippen LogP contribution in [-0.4, -0.2) is 25.2 Å². The van der Waals surface area contributed by atoms with E-state index in [0.29, 0.717) is 24.5 Å². The Bertz CT molecular complexity index is 685. The molecule has 0 saturated carbocycles. The Balaban J connectivity index is 1.60. The zero-order valence-electron chi connectivity index (χ0n) is 15.5. The lowest BCUT2D eigenvalue weighted by Gasteiger charge is -2.10. The Morgan fingerprint density at radius 2 is 1.78 bits per heavy atom. The van der Waals surface area contributed by atoms with E-state index in [9.17, 15) is 9.59 Å². The highest BCUT2D eigenvalue weighted by Crippen LogP contribution is 2.18. The highest BCUT2D eigenvalue weighted by Gasteiger charge is 2.11. The minimum Gasteiger partial charge on any atom is -0.494 e. The van der Waals surface area contributed by atoms with Crippen LogP contribution in [0.4, 0.5) is 0 Å². The van der Waals surface area contributed by atoms with Gasteiger partial charge in [-0.2, -0.15) is 0 Å². The maximum atomic E-state index is 12.1. The summed E-state index contributed by atoms with van der Waals surface area (Å²) in [5.41, 5.74) is 0.506. The molecule has 5 heteroatoms. The molecule has 0 aliphatic heterocycles. The van der Waals surface area contributed by atoms with Crippen LogP contribution in [0.2, 0.25) is 0 Å². The van der Waals surface area contributed by atoms with Gasteiger partial charge in [-0.05, 0) is 62.4 Å². The van der Waals surface area contributed by atoms with Crippen molar-refractivity contribution in [1.82, 2.24) is 0 Å². The fourth-order valence-electron chi connectivity index (χ4n) is 2.51. The van der Waals surface area contributed by atoms with E-state index < -0.39 is 0 Å². The van der Waals surface area contributed by atoms with Crippen LogP contribution in [0, 0.1) is 0 Å². The van der Waals surface area contributed by atoms with E-state index in [0.717, 1.165) is 44.3 Å². The third-order valence-corrected chi connectivity index (χ3v) is 4.01. The molecule has 0 aromatic heterocycles. The smallest absolute Gasteiger partial charge is 0.343 e. The molecule has 2 rings (SSSR count). The van der Waals surface area contributed by atoms with Crippen molar-refractivity contribution in [1.29, 1.82) is 0 Å². The number of benzene rings is 1. The number of esters is 2. The molecule has 1 aliphatic carbocycles. The van der Waals surface area contributed by atoms with E-state index >= 15 is 0 Å². The highest BCUT2D eigenvalue weighted by atomic mass is 16.5. The van der Waals surface area contributed by atoms with E-state index in [1.807, 2.05) is 18.2 Å². The largest absolute Gasteiger partial charge is 0.494 e. The molecule has 0 atom stereocenters. The first-order valence-electron chi connectivity index (χ1n) is 9.29. The fourth-order valence-corrected chi connectivity index (χ4v) is 2.51. The van der Waals surface area contributed by atoms with Gasteiger partial charge < -0.3 is 14.2 Å². The summed E-state index contributed by atoms with van der Waals surface area (Å²) in [5.74, 6) is 0.701. The summed E-state index contributed by atoms with van der Waals surface area (Å²) in [7, 11) is 0. The van der Waals surface area contributed by atoms with Gasteiger partial charge in [0.15, 0.2) is 0 Å². The molecule has 0 unspecified atom stereocenters. The molecular weight excluding hydrogens is 344 g/mol. The summed E-state index contributed by atoms with van der Waals surface area (Å²) in [6.07, 6.45) is 12.3. The van der Waals surface area contributed by atoms with Crippen molar-refractivity contribution in [2.45, 2.75) is 38.5 Å². The first kappa shape index (κ1) is 20.5. The van der Waals surface area contributed by atoms with Gasteiger partial charge in [-0.15, -0.1) is 0 Å². The first-order chi connectivity index (χ1) is 13.2. The van der Waals surface area contributed by atoms with Gasteiger partial charge in [-0.1, -0.05) is 18.7 Å². The molecule has 1 aromatic carbocycles. The first-order valence-corrected chi connectivity index (χ1v) is 9.29. The summed E-state index contributed by atoms with van der Waals surface area (Å²) < 4.78 is 16.0. The van der Waals surface area contributed by atoms with E-state index in [2.05, 4.69) is 6.58 Å². The fraction of sp³-hybridized carbons (Fsp3) is 0.364. The topological polar surface area (TPSA) is 61.8 Å². The van der Waals surface area contributed by atoms with E-state index in [1.165, 1.54) is 6.08 Å². The Morgan fingerprint density at radius 3 is 2.44 bits per heavy atom. The SMILES string of the molecule is C=CC(=O)OCCCCCCOc1ccc(C(=O)OC2=CC=CCC2)cc1. The van der Waals surface area contributed by atoms with Crippen LogP contribution in [-0.2, 0) is 14.3 Å². The van der Waals surface area contributed by atoms with Gasteiger partial charge in [-0.3, -0.25) is 0 Å². The van der Waals surface area contributed by atoms with Crippen LogP contribution in [0.3, 0.4) is 0 Å². The van der Waals surface area contributed by atoms with E-state index in [4.69, 9.17) is 14.2 Å². The van der Waals surface area contributed by atoms with Crippen LogP contribution >= 0.6 is 0 Å². The van der Waals surface area contributed by atoms with Crippen molar-refractivity contribution >= 4 is 11.9 Å². The molecule has 144 valence electrons. The van der Waals surface area contributed by atoms with Crippen molar-refractivity contribution in [3.05, 3.63) is 66.5 Å². The minimum absolute atomic E-state index is 0.347. The summed E-state index contributed by atoms with van der Waals surface area (Å²) in [4.78, 5) is 23.0. The number of ether oxygens (including phenoxy) is 3. The summed E-state index contributed by atoms with van der Waals surface area (Å²) in [6.45, 7) is 4.38. The van der Waals surface area contributed by atoms with Crippen LogP contribution in [0.5, 0.6) is 5.75 Å². The lowest BCUT2D eigenvalue weighted by molar-refractivity contribution is -0.137. The standard InChI is InChI=1S/C22H26O5/c1-2-21(23)26-17-9-4-3-8-16-25-19-14-12-18(13-15-19)22(24)27-20-10-6-5-7-11-20/h2,5-6,10,12-15H,1,3-4,7-9,11,16-17H2. The third-order valence-electron chi connectivity index (χ3n) is 4.01. The molecule has 1 aliphatic rings. The van der Waals surface area contributed by atoms with Gasteiger partial charge in [-0.25, -0.2) is 9.59 Å². The lowest BCUT2D eigenvalue weighted by Crippen LogP contribution is -2.06. The van der Waals surface area contributed by atoms with Gasteiger partial charge in [0, 0.05) is 12.5 Å². The van der Waals surface area contributed by atoms with Crippen molar-refractivity contribution in [2.75, 3.05) is 13.2 Å². The molecule has 0 heterocycles. The Kier molecular flexibility index (Phi) is 8.90. The number of carbonyl (C=O) groups excluding carboxylic acids is 2. The molecule has 0 amide bonds. The third kappa shape index (κ3) is 7.94. The molecule has 5 nitrogen and oxygen atoms in total. The molecule has 27 heavy (non-hydrogen) atoms. The van der Waals surface area contributed by atoms with Crippen molar-refractivity contribution < 1.29 is 23.8 Å². The number of hydrogen-bond acceptors (Lipinski definition) is 5. The molecule has 0 saturated heterocycles. The van der Waals surface area contributed by atoms with E-state index in [-0.39, 0.29) is 11.9 Å². The summed E-state index contributed by atoms with van der Waals surface area (Å²) in [6, 6.07) is 6.98. The Labute approximate surface area is 160 Å². The minimum atomic E-state index is -0.377. The van der Waals surface area contributed by atoms with Crippen LogP contribution in [0.25, 0.3) is 0 Å². The predicted molar refractivity (Wildman–Crippen MR) is 103 cm³/mol. The van der Waals surface area contributed by atoms with Gasteiger partial charge in [0.25, 0.3) is 0 Å². The van der Waals surface area contributed by atoms with Gasteiger partial charge in [0.2, 0.25) is 0 Å². The van der Waals surface area contributed by atoms with Crippen LogP contribution in [0.15, 0.2) is 60.9 Å². The number of hydrogen-bond donors (Lipinski definition) is 0. The molecule has 0 bridgehead atoms. The predicted octanol–water partition coefficient (Wildman–Crippen LogP) is 4.75. The zero-order chi connectivity index (χ0) is 19.3. The van der Waals surface area contributed by atoms with Crippen molar-refractivity contribution in [2.24, 2.45) is 0 Å². The van der Waals surface area contributed by atoms with Gasteiger partial charge in [0.1, 0.15) is 11.5 Å². The molecular formula is C22H26O5. The van der Waals surface area contributed by atoms with Crippen LogP contribution < -0.4 is 4.74 Å². The van der Waals surface area contributed by atoms with Gasteiger partial charge >= 0.3 is 11.9 Å². The molecule has 0 radical (unpaired) electrons. The average molecular weight is 370 g/mol. The summed E-state index contributed by atoms with van der Waals surface area (Å²) >= 11 is 0. The number of allylic oxidation sites excluding steroid dienone is 4. The van der Waals surface area contributed by atoms with Crippen LogP contribution in [0.1, 0.15) is 48.9 Å². The Morgan fingerprint density at radius 1 is 1.04 bits per heavy atom. The lowest BCUT2D eigenvalue weighted by atomic mass is 10.1. The number of unbranched alkanes of at least 4 members (excludes halogenated alkanes) is 3. The number of carbonyl (C=O) groups is 2. The molecule has 0 N–H and O–H groups in total. The normalized spacial score (nSPS) is 12.8. The monoisotopic (exact) mass is 370 g/mol. The quantitative estimate of drug-likeness (QED) is 0.320. The maximum Gasteiger partial charge on any atom is 0.343 e. The second-order valence-corrected chi connectivity index (χ2v) is 6.15. The van der Waals surface area contributed by atoms with E-state index in [1.54, 1.807) is 24.3 Å². The van der Waals surface area contributed by atoms with Gasteiger partial charge in [0.05, 0.1) is 18.8 Å². The highest BCUT2D eigenvalue weighted by molar-refractivity contribution is 5.90. The zero-order valence-corrected chi connectivity index (χ0v) is 15.5. The van der Waals surface area contributed by atoms with Crippen molar-refractivity contribution in [3.63, 3.8) is 0 Å². The summed E-state index contributed by atoms with van der Waals surface area (Å²) in [5, 5.41) is 0. The molecule has 1 aromatic rings. The molecule has 0 spiro atoms. The second kappa shape index (κ2) is 11.7. The Hall–Kier alpha value is -2.82. The maximum absolute atomic E-state index is 12.1. The van der Waals surface area contributed by atoms with Crippen molar-refractivity contribution in [3.8, 4) is 5.75 Å². The number of rotatable bonds is 11.